The normalized spacial score (nSPS) is 10.6. The highest BCUT2D eigenvalue weighted by atomic mass is 19.4. The van der Waals surface area contributed by atoms with E-state index in [0.29, 0.717) is 16.8 Å². The number of esters is 1. The fraction of sp³-hybridized carbons (Fsp3) is 0.154. The number of ether oxygens (including phenoxy) is 1. The number of carboxylic acid groups (broad SMARTS) is 1. The molecule has 2 heterocycles. The Hall–Kier alpha value is -3.04. The summed E-state index contributed by atoms with van der Waals surface area (Å²) in [7, 11) is 0. The molecule has 0 atom stereocenters. The molecule has 0 saturated heterocycles. The molecule has 2 aromatic rings. The smallest absolute Gasteiger partial charge is 0.475 e. The van der Waals surface area contributed by atoms with Gasteiger partial charge in [0.2, 0.25) is 0 Å². The summed E-state index contributed by atoms with van der Waals surface area (Å²) in [5.74, 6) is -3.19. The van der Waals surface area contributed by atoms with Crippen molar-refractivity contribution in [2.75, 3.05) is 12.3 Å². The van der Waals surface area contributed by atoms with Crippen LogP contribution in [0.4, 0.5) is 18.9 Å². The number of rotatable bonds is 3. The van der Waals surface area contributed by atoms with Gasteiger partial charge in [-0.2, -0.15) is 18.3 Å². The monoisotopic (exact) mass is 331 g/mol. The van der Waals surface area contributed by atoms with Gasteiger partial charge in [-0.15, -0.1) is 0 Å². The largest absolute Gasteiger partial charge is 0.490 e. The molecule has 0 unspecified atom stereocenters. The predicted octanol–water partition coefficient (Wildman–Crippen LogP) is 1.89. The lowest BCUT2D eigenvalue weighted by atomic mass is 10.2. The van der Waals surface area contributed by atoms with Gasteiger partial charge in [0, 0.05) is 11.9 Å². The molecule has 0 fully saturated rings. The third kappa shape index (κ3) is 5.02. The van der Waals surface area contributed by atoms with E-state index in [1.54, 1.807) is 22.8 Å². The van der Waals surface area contributed by atoms with E-state index >= 15 is 0 Å². The molecule has 23 heavy (non-hydrogen) atoms. The van der Waals surface area contributed by atoms with Gasteiger partial charge in [-0.05, 0) is 12.1 Å². The molecule has 0 bridgehead atoms. The highest BCUT2D eigenvalue weighted by molar-refractivity contribution is 5.97. The first-order valence-electron chi connectivity index (χ1n) is 5.97. The second-order valence-electron chi connectivity index (χ2n) is 4.04. The Bertz CT molecular complexity index is 725. The fourth-order valence-corrected chi connectivity index (χ4v) is 1.37. The zero-order chi connectivity index (χ0) is 17.6. The summed E-state index contributed by atoms with van der Waals surface area (Å²) in [6.45, 7) is 3.65. The van der Waals surface area contributed by atoms with Crippen LogP contribution in [0, 0.1) is 0 Å². The van der Waals surface area contributed by atoms with Crippen molar-refractivity contribution in [2.45, 2.75) is 6.18 Å². The summed E-state index contributed by atoms with van der Waals surface area (Å²) < 4.78 is 38.2. The average Bonchev–Trinajstić information content (AvgIpc) is 2.87. The maximum absolute atomic E-state index is 11.6. The van der Waals surface area contributed by atoms with E-state index < -0.39 is 18.1 Å². The van der Waals surface area contributed by atoms with Gasteiger partial charge < -0.3 is 15.6 Å². The van der Waals surface area contributed by atoms with Gasteiger partial charge in [-0.25, -0.2) is 14.1 Å². The summed E-state index contributed by atoms with van der Waals surface area (Å²) in [5.41, 5.74) is 7.25. The fourth-order valence-electron chi connectivity index (χ4n) is 1.37. The number of hydrogen-bond acceptors (Lipinski definition) is 5. The van der Waals surface area contributed by atoms with Crippen LogP contribution in [0.2, 0.25) is 0 Å². The number of fused-ring (bicyclic) bond motifs is 1. The van der Waals surface area contributed by atoms with Gasteiger partial charge in [0.05, 0.1) is 11.7 Å². The first-order chi connectivity index (χ1) is 10.7. The summed E-state index contributed by atoms with van der Waals surface area (Å²) in [6, 6.07) is 3.39. The highest BCUT2D eigenvalue weighted by Gasteiger charge is 2.38. The van der Waals surface area contributed by atoms with Gasteiger partial charge in [0.1, 0.15) is 12.2 Å². The van der Waals surface area contributed by atoms with Gasteiger partial charge >= 0.3 is 18.1 Å². The molecule has 2 rings (SSSR count). The molecule has 0 saturated carbocycles. The van der Waals surface area contributed by atoms with E-state index in [1.165, 1.54) is 12.3 Å². The number of aromatic nitrogens is 2. The quantitative estimate of drug-likeness (QED) is 0.657. The van der Waals surface area contributed by atoms with Crippen LogP contribution in [0.3, 0.4) is 0 Å². The maximum Gasteiger partial charge on any atom is 0.490 e. The lowest BCUT2D eigenvalue weighted by Crippen LogP contribution is -2.21. The number of carboxylic acids is 1. The number of pyridine rings is 1. The number of hydrogen-bond donors (Lipinski definition) is 2. The summed E-state index contributed by atoms with van der Waals surface area (Å²) in [4.78, 5) is 20.5. The number of alkyl halides is 3. The molecular weight excluding hydrogens is 319 g/mol. The number of aliphatic carboxylic acids is 1. The molecule has 0 radical (unpaired) electrons. The second kappa shape index (κ2) is 7.29. The minimum Gasteiger partial charge on any atom is -0.475 e. The van der Waals surface area contributed by atoms with Crippen LogP contribution in [0.15, 0.2) is 37.2 Å². The topological polar surface area (TPSA) is 107 Å². The van der Waals surface area contributed by atoms with E-state index in [1.807, 2.05) is 0 Å². The van der Waals surface area contributed by atoms with Gasteiger partial charge in [0.15, 0.2) is 0 Å². The second-order valence-corrected chi connectivity index (χ2v) is 4.04. The number of nitrogens with zero attached hydrogens (tertiary/aromatic N) is 2. The average molecular weight is 331 g/mol. The molecule has 124 valence electrons. The first kappa shape index (κ1) is 18.0. The van der Waals surface area contributed by atoms with Crippen molar-refractivity contribution in [2.24, 2.45) is 0 Å². The van der Waals surface area contributed by atoms with Gasteiger partial charge in [-0.1, -0.05) is 12.7 Å². The molecule has 0 spiro atoms. The van der Waals surface area contributed by atoms with E-state index in [9.17, 15) is 18.0 Å². The third-order valence-electron chi connectivity index (χ3n) is 2.34. The Kier molecular flexibility index (Phi) is 5.71. The lowest BCUT2D eigenvalue weighted by Gasteiger charge is -2.00. The molecule has 2 aromatic heterocycles. The SMILES string of the molecule is C=CCOC(=O)c1cnn2ccc(N)cc12.O=C(O)C(F)(F)F. The van der Waals surface area contributed by atoms with E-state index in [2.05, 4.69) is 11.7 Å². The van der Waals surface area contributed by atoms with Crippen molar-refractivity contribution in [1.29, 1.82) is 0 Å². The van der Waals surface area contributed by atoms with Crippen LogP contribution in [0.1, 0.15) is 10.4 Å². The number of nitrogen functional groups attached to an aromatic ring is 1. The number of anilines is 1. The Morgan fingerprint density at radius 3 is 2.61 bits per heavy atom. The minimum absolute atomic E-state index is 0.179. The Balaban J connectivity index is 0.000000322. The van der Waals surface area contributed by atoms with Crippen LogP contribution >= 0.6 is 0 Å². The lowest BCUT2D eigenvalue weighted by molar-refractivity contribution is -0.192. The molecule has 0 aromatic carbocycles. The van der Waals surface area contributed by atoms with Crippen LogP contribution < -0.4 is 5.73 Å². The van der Waals surface area contributed by atoms with Crippen molar-refractivity contribution in [3.8, 4) is 0 Å². The van der Waals surface area contributed by atoms with E-state index in [-0.39, 0.29) is 6.61 Å². The van der Waals surface area contributed by atoms with Crippen LogP contribution in [0.5, 0.6) is 0 Å². The van der Waals surface area contributed by atoms with E-state index in [4.69, 9.17) is 20.4 Å². The zero-order valence-corrected chi connectivity index (χ0v) is 11.6. The number of nitrogens with two attached hydrogens (primary N) is 1. The Morgan fingerprint density at radius 1 is 1.48 bits per heavy atom. The Morgan fingerprint density at radius 2 is 2.09 bits per heavy atom. The number of carbonyl (C=O) groups is 2. The van der Waals surface area contributed by atoms with E-state index in [0.717, 1.165) is 0 Å². The van der Waals surface area contributed by atoms with Crippen LogP contribution in [-0.4, -0.2) is 39.4 Å². The van der Waals surface area contributed by atoms with Gasteiger partial charge in [-0.3, -0.25) is 0 Å². The van der Waals surface area contributed by atoms with Gasteiger partial charge in [0.25, 0.3) is 0 Å². The Labute approximate surface area is 127 Å². The molecule has 3 N–H and O–H groups in total. The number of carbonyl (C=O) groups excluding carboxylic acids is 1. The maximum atomic E-state index is 11.6. The zero-order valence-electron chi connectivity index (χ0n) is 11.6. The highest BCUT2D eigenvalue weighted by Crippen LogP contribution is 2.15. The summed E-state index contributed by atoms with van der Waals surface area (Å²) >= 11 is 0. The molecule has 7 nitrogen and oxygen atoms in total. The van der Waals surface area contributed by atoms with Crippen molar-refractivity contribution >= 4 is 23.1 Å². The molecule has 10 heteroatoms. The predicted molar refractivity (Wildman–Crippen MR) is 73.8 cm³/mol. The summed E-state index contributed by atoms with van der Waals surface area (Å²) in [5, 5.41) is 11.1. The molecular formula is C13H12F3N3O4. The van der Waals surface area contributed by atoms with Crippen molar-refractivity contribution in [3.63, 3.8) is 0 Å². The minimum atomic E-state index is -5.08. The van der Waals surface area contributed by atoms with Crippen LogP contribution in [0.25, 0.3) is 5.52 Å². The number of halogens is 3. The van der Waals surface area contributed by atoms with Crippen molar-refractivity contribution in [3.05, 3.63) is 42.7 Å². The molecule has 0 amide bonds. The van der Waals surface area contributed by atoms with Crippen LogP contribution in [-0.2, 0) is 9.53 Å². The summed E-state index contributed by atoms with van der Waals surface area (Å²) in [6.07, 6.45) is -0.424. The van der Waals surface area contributed by atoms with Crippen molar-refractivity contribution < 1.29 is 32.6 Å². The first-order valence-corrected chi connectivity index (χ1v) is 5.97. The molecule has 0 aliphatic heterocycles. The molecule has 0 aliphatic rings. The standard InChI is InChI=1S/C11H11N3O2.C2HF3O2/c1-2-5-16-11(15)9-7-13-14-4-3-8(12)6-10(9)14;3-2(4,5)1(6)7/h2-4,6-7H,1,5,12H2;(H,6,7). The van der Waals surface area contributed by atoms with Crippen molar-refractivity contribution in [1.82, 2.24) is 9.61 Å². The third-order valence-corrected chi connectivity index (χ3v) is 2.34. The molecule has 0 aliphatic carbocycles.